The molecule has 59 valence electrons. The molecule has 0 saturated heterocycles. The van der Waals surface area contributed by atoms with Gasteiger partial charge >= 0.3 is 0 Å². The van der Waals surface area contributed by atoms with E-state index in [9.17, 15) is 0 Å². The molecule has 0 aliphatic rings. The minimum Gasteiger partial charge on any atom is -0.145 e. The van der Waals surface area contributed by atoms with Crippen molar-refractivity contribution in [3.8, 4) is 0 Å². The van der Waals surface area contributed by atoms with Crippen molar-refractivity contribution >= 4 is 32.0 Å². The Balaban J connectivity index is 3.98. The second-order valence-electron chi connectivity index (χ2n) is 3.18. The first kappa shape index (κ1) is 11.1. The van der Waals surface area contributed by atoms with E-state index in [0.717, 1.165) is 0 Å². The Morgan fingerprint density at radius 1 is 0.600 bits per heavy atom. The normalized spacial score (nSPS) is 12.6. The third kappa shape index (κ3) is 3.47. The minimum atomic E-state index is 0.0833. The minimum absolute atomic E-state index is 0.0833. The van der Waals surface area contributed by atoms with Crippen LogP contribution in [0.2, 0.25) is 39.3 Å². The molecule has 0 fully saturated rings. The Kier molecular flexibility index (Phi) is 5.38. The first-order chi connectivity index (χ1) is 4.46. The van der Waals surface area contributed by atoms with Gasteiger partial charge in [0.15, 0.2) is 0 Å². The highest BCUT2D eigenvalue weighted by Crippen LogP contribution is 2.44. The van der Waals surface area contributed by atoms with Crippen molar-refractivity contribution in [2.24, 2.45) is 0 Å². The van der Waals surface area contributed by atoms with Crippen molar-refractivity contribution in [1.82, 2.24) is 0 Å². The van der Waals surface area contributed by atoms with Crippen LogP contribution in [-0.2, 0) is 0 Å². The van der Waals surface area contributed by atoms with Crippen LogP contribution in [0.4, 0.5) is 0 Å². The average molecular weight is 205 g/mol. The van der Waals surface area contributed by atoms with Gasteiger partial charge in [0.1, 0.15) is 0 Å². The second kappa shape index (κ2) is 4.86. The maximum atomic E-state index is 2.51. The summed E-state index contributed by atoms with van der Waals surface area (Å²) in [6.07, 6.45) is 0. The summed E-state index contributed by atoms with van der Waals surface area (Å²) in [6.45, 7) is 15.6. The quantitative estimate of drug-likeness (QED) is 0.490. The van der Waals surface area contributed by atoms with Gasteiger partial charge in [0.25, 0.3) is 0 Å². The molecule has 0 rings (SSSR count). The summed E-state index contributed by atoms with van der Waals surface area (Å²) in [4.78, 5) is 0. The molecule has 0 aliphatic carbocycles. The fourth-order valence-corrected chi connectivity index (χ4v) is 36.2. The van der Waals surface area contributed by atoms with Crippen LogP contribution >= 0.6 is 6.57 Å². The summed E-state index contributed by atoms with van der Waals surface area (Å²) >= 11 is 0. The lowest BCUT2D eigenvalue weighted by atomic mass is 11.9. The van der Waals surface area contributed by atoms with E-state index in [2.05, 4.69) is 39.3 Å². The summed E-state index contributed by atoms with van der Waals surface area (Å²) in [5.41, 5.74) is 0. The lowest BCUT2D eigenvalue weighted by Gasteiger charge is -2.26. The van der Waals surface area contributed by atoms with Crippen LogP contribution < -0.4 is 0 Å². The van der Waals surface area contributed by atoms with E-state index in [-0.39, 0.29) is 25.4 Å². The van der Waals surface area contributed by atoms with Gasteiger partial charge in [0, 0.05) is 0 Å². The Hall–Kier alpha value is 1.08. The first-order valence-corrected chi connectivity index (χ1v) is 15.0. The van der Waals surface area contributed by atoms with Crippen LogP contribution in [0.5, 0.6) is 0 Å². The van der Waals surface area contributed by atoms with Crippen LogP contribution in [0, 0.1) is 0 Å². The zero-order valence-corrected chi connectivity index (χ0v) is 11.8. The number of hydrogen-bond donors (Lipinski definition) is 0. The third-order valence-electron chi connectivity index (χ3n) is 1.34. The van der Waals surface area contributed by atoms with E-state index >= 15 is 0 Å². The molecule has 0 unspecified atom stereocenters. The van der Waals surface area contributed by atoms with Gasteiger partial charge in [-0.1, -0.05) is 39.3 Å². The van der Waals surface area contributed by atoms with Gasteiger partial charge in [0.2, 0.25) is 0 Å². The SMILES string of the molecule is C[Si](C)P([Si](C)C)[Si](C)C. The third-order valence-corrected chi connectivity index (χ3v) is 36.2. The van der Waals surface area contributed by atoms with Gasteiger partial charge in [-0.15, -0.1) is 6.57 Å². The predicted octanol–water partition coefficient (Wildman–Crippen LogP) is 3.22. The highest BCUT2D eigenvalue weighted by atomic mass is 31.8. The molecule has 0 amide bonds. The van der Waals surface area contributed by atoms with Gasteiger partial charge in [0.05, 0.1) is 25.4 Å². The molecule has 0 aromatic heterocycles. The summed E-state index contributed by atoms with van der Waals surface area (Å²) in [5, 5.41) is 0. The molecule has 0 aromatic carbocycles. The standard InChI is InChI=1S/C6H18PSi3/c1-8(2)7(9(3)4)10(5)6/h1-6H3. The molecule has 0 heterocycles. The van der Waals surface area contributed by atoms with Crippen LogP contribution in [0.15, 0.2) is 0 Å². The van der Waals surface area contributed by atoms with Gasteiger partial charge in [-0.3, -0.25) is 0 Å². The Morgan fingerprint density at radius 2 is 0.800 bits per heavy atom. The topological polar surface area (TPSA) is 0 Å². The van der Waals surface area contributed by atoms with Crippen molar-refractivity contribution in [2.75, 3.05) is 0 Å². The highest BCUT2D eigenvalue weighted by Gasteiger charge is 2.22. The van der Waals surface area contributed by atoms with Crippen LogP contribution in [0.1, 0.15) is 0 Å². The Labute approximate surface area is 71.5 Å². The van der Waals surface area contributed by atoms with Crippen molar-refractivity contribution in [3.05, 3.63) is 0 Å². The van der Waals surface area contributed by atoms with Crippen LogP contribution in [0.25, 0.3) is 0 Å². The second-order valence-corrected chi connectivity index (χ2v) is 25.6. The summed E-state index contributed by atoms with van der Waals surface area (Å²) in [6, 6.07) is 0. The maximum Gasteiger partial charge on any atom is 0.0642 e. The number of rotatable bonds is 3. The maximum absolute atomic E-state index is 2.51. The molecule has 0 N–H and O–H groups in total. The molecule has 0 aliphatic heterocycles. The van der Waals surface area contributed by atoms with Gasteiger partial charge < -0.3 is 0 Å². The summed E-state index contributed by atoms with van der Waals surface area (Å²) in [5.74, 6) is 0. The number of hydrogen-bond acceptors (Lipinski definition) is 0. The van der Waals surface area contributed by atoms with E-state index < -0.39 is 0 Å². The van der Waals surface area contributed by atoms with Crippen molar-refractivity contribution in [2.45, 2.75) is 39.3 Å². The molecule has 0 bridgehead atoms. The van der Waals surface area contributed by atoms with Crippen LogP contribution in [-0.4, -0.2) is 25.4 Å². The molecule has 10 heavy (non-hydrogen) atoms. The van der Waals surface area contributed by atoms with Gasteiger partial charge in [-0.25, -0.2) is 0 Å². The average Bonchev–Trinajstić information content (AvgIpc) is 1.59. The van der Waals surface area contributed by atoms with E-state index in [1.165, 1.54) is 0 Å². The molecule has 0 aromatic rings. The lowest BCUT2D eigenvalue weighted by Crippen LogP contribution is -2.19. The lowest BCUT2D eigenvalue weighted by molar-refractivity contribution is 2.05. The van der Waals surface area contributed by atoms with Gasteiger partial charge in [-0.2, -0.15) is 0 Å². The first-order valence-electron chi connectivity index (χ1n) is 3.67. The molecular weight excluding hydrogens is 187 g/mol. The molecule has 0 nitrogen and oxygen atoms in total. The van der Waals surface area contributed by atoms with Crippen molar-refractivity contribution in [1.29, 1.82) is 0 Å². The Bertz CT molecular complexity index is 74.0. The largest absolute Gasteiger partial charge is 0.145 e. The van der Waals surface area contributed by atoms with E-state index in [1.54, 1.807) is 0 Å². The van der Waals surface area contributed by atoms with E-state index in [1.807, 2.05) is 0 Å². The summed E-state index contributed by atoms with van der Waals surface area (Å²) < 4.78 is 0. The summed E-state index contributed by atoms with van der Waals surface area (Å²) in [7, 11) is 0.250. The molecular formula is C6H18PSi3. The fraction of sp³-hybridized carbons (Fsp3) is 1.00. The molecule has 0 atom stereocenters. The van der Waals surface area contributed by atoms with E-state index in [4.69, 9.17) is 0 Å². The zero-order chi connectivity index (χ0) is 8.31. The molecule has 3 radical (unpaired) electrons. The van der Waals surface area contributed by atoms with E-state index in [0.29, 0.717) is 6.57 Å². The van der Waals surface area contributed by atoms with Crippen LogP contribution in [0.3, 0.4) is 0 Å². The smallest absolute Gasteiger partial charge is 0.0642 e. The molecule has 4 heteroatoms. The molecule has 0 saturated carbocycles. The monoisotopic (exact) mass is 205 g/mol. The highest BCUT2D eigenvalue weighted by molar-refractivity contribution is 8.30. The van der Waals surface area contributed by atoms with Gasteiger partial charge in [-0.05, 0) is 0 Å². The zero-order valence-electron chi connectivity index (χ0n) is 7.95. The van der Waals surface area contributed by atoms with Crippen molar-refractivity contribution in [3.63, 3.8) is 0 Å². The Morgan fingerprint density at radius 3 is 0.800 bits per heavy atom. The van der Waals surface area contributed by atoms with Crippen molar-refractivity contribution < 1.29 is 0 Å². The fourth-order valence-electron chi connectivity index (χ4n) is 1.34. The predicted molar refractivity (Wildman–Crippen MR) is 59.4 cm³/mol. The molecule has 0 spiro atoms.